The molecule has 0 radical (unpaired) electrons. The number of carbonyl (C=O) groups is 3. The fraction of sp³-hybridized carbons (Fsp3) is 0.0800. The van der Waals surface area contributed by atoms with E-state index in [1.165, 1.54) is 31.4 Å². The van der Waals surface area contributed by atoms with Crippen molar-refractivity contribution >= 4 is 29.6 Å². The van der Waals surface area contributed by atoms with Gasteiger partial charge in [-0.2, -0.15) is 0 Å². The van der Waals surface area contributed by atoms with Gasteiger partial charge >= 0.3 is 11.9 Å². The Labute approximate surface area is 200 Å². The molecule has 0 heterocycles. The number of carbonyl (C=O) groups excluding carboxylic acids is 1. The van der Waals surface area contributed by atoms with E-state index in [-0.39, 0.29) is 28.3 Å². The van der Waals surface area contributed by atoms with Gasteiger partial charge in [-0.05, 0) is 54.1 Å². The minimum atomic E-state index is -1.27. The van der Waals surface area contributed by atoms with Gasteiger partial charge in [-0.3, -0.25) is 4.79 Å². The van der Waals surface area contributed by atoms with Gasteiger partial charge in [0.25, 0.3) is 0 Å². The highest BCUT2D eigenvalue weighted by molar-refractivity contribution is 6.06. The number of aromatic carboxylic acids is 2. The van der Waals surface area contributed by atoms with Gasteiger partial charge in [-0.1, -0.05) is 18.2 Å². The Bertz CT molecular complexity index is 1250. The van der Waals surface area contributed by atoms with Gasteiger partial charge in [0.15, 0.2) is 11.5 Å². The average Bonchev–Trinajstić information content (AvgIpc) is 2.84. The van der Waals surface area contributed by atoms with Crippen LogP contribution in [0, 0.1) is 0 Å². The largest absolute Gasteiger partial charge is 0.508 e. The van der Waals surface area contributed by atoms with Crippen molar-refractivity contribution in [2.24, 2.45) is 0 Å². The summed E-state index contributed by atoms with van der Waals surface area (Å²) < 4.78 is 10.3. The van der Waals surface area contributed by atoms with E-state index < -0.39 is 17.8 Å². The summed E-state index contributed by atoms with van der Waals surface area (Å²) in [6.07, 6.45) is 2.92. The lowest BCUT2D eigenvalue weighted by atomic mass is 10.1. The summed E-state index contributed by atoms with van der Waals surface area (Å²) in [6.45, 7) is 0. The molecule has 35 heavy (non-hydrogen) atoms. The normalized spacial score (nSPS) is 10.1. The van der Waals surface area contributed by atoms with E-state index in [1.807, 2.05) is 0 Å². The number of para-hydroxylation sites is 1. The molecule has 0 aliphatic carbocycles. The molecule has 10 heteroatoms. The maximum atomic E-state index is 12.0. The maximum absolute atomic E-state index is 12.0. The van der Waals surface area contributed by atoms with Crippen LogP contribution in [-0.4, -0.2) is 52.5 Å². The van der Waals surface area contributed by atoms with Gasteiger partial charge in [0, 0.05) is 6.08 Å². The number of rotatable bonds is 7. The third-order valence-corrected chi connectivity index (χ3v) is 4.46. The van der Waals surface area contributed by atoms with Crippen molar-refractivity contribution in [1.82, 2.24) is 0 Å². The lowest BCUT2D eigenvalue weighted by Crippen LogP contribution is -2.11. The van der Waals surface area contributed by atoms with Crippen molar-refractivity contribution in [3.8, 4) is 23.0 Å². The molecular formula is C25H23NO9. The predicted molar refractivity (Wildman–Crippen MR) is 127 cm³/mol. The highest BCUT2D eigenvalue weighted by Gasteiger charge is 2.11. The molecule has 0 unspecified atom stereocenters. The van der Waals surface area contributed by atoms with Crippen LogP contribution in [-0.2, 0) is 4.79 Å². The number of methoxy groups -OCH3 is 2. The highest BCUT2D eigenvalue weighted by Crippen LogP contribution is 2.28. The fourth-order valence-corrected chi connectivity index (χ4v) is 2.78. The van der Waals surface area contributed by atoms with Gasteiger partial charge in [0.1, 0.15) is 17.1 Å². The minimum absolute atomic E-state index is 0.0327. The van der Waals surface area contributed by atoms with Crippen LogP contribution >= 0.6 is 0 Å². The van der Waals surface area contributed by atoms with Crippen molar-refractivity contribution in [3.63, 3.8) is 0 Å². The molecule has 0 aliphatic heterocycles. The number of phenols is 2. The van der Waals surface area contributed by atoms with Gasteiger partial charge in [-0.15, -0.1) is 0 Å². The first-order valence-corrected chi connectivity index (χ1v) is 9.95. The molecule has 0 bridgehead atoms. The van der Waals surface area contributed by atoms with Crippen molar-refractivity contribution in [2.75, 3.05) is 19.5 Å². The third-order valence-electron chi connectivity index (χ3n) is 4.46. The number of benzene rings is 3. The number of carboxylic acid groups (broad SMARTS) is 2. The van der Waals surface area contributed by atoms with Crippen LogP contribution in [0.2, 0.25) is 0 Å². The third kappa shape index (κ3) is 7.53. The topological polar surface area (TPSA) is 163 Å². The van der Waals surface area contributed by atoms with Crippen LogP contribution in [0.3, 0.4) is 0 Å². The fourth-order valence-electron chi connectivity index (χ4n) is 2.78. The molecule has 0 saturated carbocycles. The van der Waals surface area contributed by atoms with E-state index in [0.717, 1.165) is 17.7 Å². The zero-order chi connectivity index (χ0) is 26.0. The number of amides is 1. The molecule has 10 nitrogen and oxygen atoms in total. The maximum Gasteiger partial charge on any atom is 0.339 e. The van der Waals surface area contributed by atoms with E-state index in [9.17, 15) is 14.4 Å². The Morgan fingerprint density at radius 2 is 1.46 bits per heavy atom. The van der Waals surface area contributed by atoms with Gasteiger partial charge in [-0.25, -0.2) is 9.59 Å². The minimum Gasteiger partial charge on any atom is -0.508 e. The second kappa shape index (κ2) is 12.3. The molecular weight excluding hydrogens is 458 g/mol. The van der Waals surface area contributed by atoms with Gasteiger partial charge < -0.3 is 35.2 Å². The van der Waals surface area contributed by atoms with Gasteiger partial charge in [0.05, 0.1) is 25.5 Å². The lowest BCUT2D eigenvalue weighted by molar-refractivity contribution is -0.111. The number of anilines is 1. The van der Waals surface area contributed by atoms with Crippen LogP contribution in [0.25, 0.3) is 6.08 Å². The van der Waals surface area contributed by atoms with Crippen LogP contribution < -0.4 is 14.8 Å². The zero-order valence-corrected chi connectivity index (χ0v) is 18.8. The summed E-state index contributed by atoms with van der Waals surface area (Å²) in [4.78, 5) is 33.4. The zero-order valence-electron chi connectivity index (χ0n) is 18.8. The molecule has 0 aliphatic rings. The number of hydrogen-bond donors (Lipinski definition) is 5. The van der Waals surface area contributed by atoms with Crippen LogP contribution in [0.4, 0.5) is 5.69 Å². The van der Waals surface area contributed by atoms with E-state index in [4.69, 9.17) is 29.9 Å². The molecule has 0 saturated heterocycles. The molecule has 5 N–H and O–H groups in total. The summed E-state index contributed by atoms with van der Waals surface area (Å²) in [6, 6.07) is 14.8. The average molecular weight is 481 g/mol. The second-order valence-corrected chi connectivity index (χ2v) is 6.79. The summed E-state index contributed by atoms with van der Waals surface area (Å²) in [7, 11) is 3.07. The first-order chi connectivity index (χ1) is 16.7. The molecule has 0 aromatic heterocycles. The Balaban J connectivity index is 0.000000328. The van der Waals surface area contributed by atoms with Crippen LogP contribution in [0.1, 0.15) is 26.3 Å². The molecule has 182 valence electrons. The highest BCUT2D eigenvalue weighted by atomic mass is 16.5. The summed E-state index contributed by atoms with van der Waals surface area (Å²) >= 11 is 0. The van der Waals surface area contributed by atoms with E-state index >= 15 is 0 Å². The number of hydrogen-bond acceptors (Lipinski definition) is 7. The van der Waals surface area contributed by atoms with Gasteiger partial charge in [0.2, 0.25) is 5.91 Å². The number of nitrogens with one attached hydrogen (secondary N) is 1. The lowest BCUT2D eigenvalue weighted by Gasteiger charge is -2.08. The molecule has 1 amide bonds. The van der Waals surface area contributed by atoms with Crippen molar-refractivity contribution in [1.29, 1.82) is 0 Å². The smallest absolute Gasteiger partial charge is 0.339 e. The number of aromatic hydroxyl groups is 2. The van der Waals surface area contributed by atoms with Crippen molar-refractivity contribution < 1.29 is 44.3 Å². The summed E-state index contributed by atoms with van der Waals surface area (Å²) in [5, 5.41) is 37.8. The first-order valence-electron chi connectivity index (χ1n) is 9.95. The van der Waals surface area contributed by atoms with Crippen LogP contribution in [0.5, 0.6) is 23.0 Å². The van der Waals surface area contributed by atoms with E-state index in [2.05, 4.69) is 5.32 Å². The first kappa shape index (κ1) is 26.3. The SMILES string of the molecule is COc1ccc(/C=C/C(=O)Nc2ccccc2C(=O)O)cc1OC.O=C(O)c1cc(O)ccc1O. The molecule has 3 aromatic rings. The number of carboxylic acids is 2. The molecule has 0 spiro atoms. The number of ether oxygens (including phenoxy) is 2. The van der Waals surface area contributed by atoms with Crippen molar-refractivity contribution in [2.45, 2.75) is 0 Å². The predicted octanol–water partition coefficient (Wildman–Crippen LogP) is 3.85. The molecule has 0 atom stereocenters. The van der Waals surface area contributed by atoms with E-state index in [0.29, 0.717) is 11.5 Å². The Hall–Kier alpha value is -4.99. The second-order valence-electron chi connectivity index (χ2n) is 6.79. The quantitative estimate of drug-likeness (QED) is 0.249. The molecule has 3 aromatic carbocycles. The van der Waals surface area contributed by atoms with E-state index in [1.54, 1.807) is 43.5 Å². The summed E-state index contributed by atoms with van der Waals surface area (Å²) in [5.41, 5.74) is 0.719. The number of phenolic OH excluding ortho intramolecular Hbond substituents is 1. The Morgan fingerprint density at radius 3 is 2.06 bits per heavy atom. The van der Waals surface area contributed by atoms with Crippen molar-refractivity contribution in [3.05, 3.63) is 83.4 Å². The molecule has 0 fully saturated rings. The monoisotopic (exact) mass is 481 g/mol. The standard InChI is InChI=1S/C18H17NO5.C7H6O4/c1-23-15-9-7-12(11-16(15)24-2)8-10-17(20)19-14-6-4-3-5-13(14)18(21)22;8-4-1-2-6(9)5(3-4)7(10)11/h3-11H,1-2H3,(H,19,20)(H,21,22);1-3,8-9H,(H,10,11)/b10-8+;. The Morgan fingerprint density at radius 1 is 0.800 bits per heavy atom. The summed E-state index contributed by atoms with van der Waals surface area (Å²) in [5.74, 6) is -2.19. The molecule has 3 rings (SSSR count). The van der Waals surface area contributed by atoms with Crippen LogP contribution in [0.15, 0.2) is 66.7 Å². The Kier molecular flexibility index (Phi) is 9.23.